The summed E-state index contributed by atoms with van der Waals surface area (Å²) in [6, 6.07) is 3.09. The lowest BCUT2D eigenvalue weighted by Crippen LogP contribution is -1.99. The van der Waals surface area contributed by atoms with Crippen LogP contribution in [0.5, 0.6) is 0 Å². The summed E-state index contributed by atoms with van der Waals surface area (Å²) in [5.74, 6) is 0. The summed E-state index contributed by atoms with van der Waals surface area (Å²) in [6.45, 7) is 1.64. The maximum atomic E-state index is 8.27. The third-order valence-electron chi connectivity index (χ3n) is 1.60. The van der Waals surface area contributed by atoms with E-state index in [1.165, 1.54) is 6.21 Å². The summed E-state index contributed by atoms with van der Waals surface area (Å²) in [7, 11) is 0. The van der Waals surface area contributed by atoms with Crippen molar-refractivity contribution in [2.45, 2.75) is 6.92 Å². The molecule has 0 unspecified atom stereocenters. The van der Waals surface area contributed by atoms with Gasteiger partial charge in [0.25, 0.3) is 0 Å². The van der Waals surface area contributed by atoms with Crippen LogP contribution in [-0.2, 0) is 0 Å². The molecule has 2 N–H and O–H groups in total. The first-order chi connectivity index (χ1) is 7.54. The third kappa shape index (κ3) is 3.56. The van der Waals surface area contributed by atoms with E-state index in [0.29, 0.717) is 26.5 Å². The third-order valence-corrected chi connectivity index (χ3v) is 2.41. The molecule has 4 nitrogen and oxygen atoms in total. The van der Waals surface area contributed by atoms with Gasteiger partial charge in [-0.3, -0.25) is 5.43 Å². The van der Waals surface area contributed by atoms with Crippen molar-refractivity contribution in [3.8, 4) is 0 Å². The lowest BCUT2D eigenvalue weighted by molar-refractivity contribution is 0.322. The maximum Gasteiger partial charge on any atom is 0.0935 e. The van der Waals surface area contributed by atoms with Gasteiger partial charge in [-0.05, 0) is 19.1 Å². The van der Waals surface area contributed by atoms with Crippen molar-refractivity contribution in [2.24, 2.45) is 10.3 Å². The second kappa shape index (κ2) is 5.94. The van der Waals surface area contributed by atoms with E-state index in [1.807, 2.05) is 0 Å². The summed E-state index contributed by atoms with van der Waals surface area (Å²) in [5.41, 5.74) is 3.56. The van der Waals surface area contributed by atoms with Gasteiger partial charge in [0.05, 0.1) is 27.7 Å². The van der Waals surface area contributed by atoms with E-state index in [2.05, 4.69) is 15.7 Å². The lowest BCUT2D eigenvalue weighted by atomic mass is 10.3. The second-order valence-electron chi connectivity index (χ2n) is 2.85. The molecule has 1 rings (SSSR count). The van der Waals surface area contributed by atoms with Crippen LogP contribution in [0, 0.1) is 0 Å². The molecule has 0 atom stereocenters. The molecule has 1 aromatic carbocycles. The zero-order valence-corrected chi connectivity index (χ0v) is 10.5. The molecule has 0 fully saturated rings. The topological polar surface area (TPSA) is 57.0 Å². The van der Waals surface area contributed by atoms with Crippen LogP contribution in [0.2, 0.25) is 15.1 Å². The number of benzene rings is 1. The van der Waals surface area contributed by atoms with Gasteiger partial charge < -0.3 is 5.21 Å². The summed E-state index contributed by atoms with van der Waals surface area (Å²) in [5, 5.41) is 16.1. The predicted molar refractivity (Wildman–Crippen MR) is 68.5 cm³/mol. The SMILES string of the molecule is CC(C=NO)=NNc1c(Cl)cc(Cl)cc1Cl. The van der Waals surface area contributed by atoms with Crippen LogP contribution in [0.3, 0.4) is 0 Å². The van der Waals surface area contributed by atoms with Crippen LogP contribution in [0.15, 0.2) is 22.4 Å². The minimum absolute atomic E-state index is 0.356. The van der Waals surface area contributed by atoms with Crippen molar-refractivity contribution in [2.75, 3.05) is 5.43 Å². The van der Waals surface area contributed by atoms with Crippen LogP contribution < -0.4 is 5.43 Å². The molecule has 0 aromatic heterocycles. The van der Waals surface area contributed by atoms with Gasteiger partial charge in [-0.1, -0.05) is 40.0 Å². The van der Waals surface area contributed by atoms with Crippen LogP contribution in [0.25, 0.3) is 0 Å². The number of hydrogen-bond donors (Lipinski definition) is 2. The van der Waals surface area contributed by atoms with Gasteiger partial charge in [0.1, 0.15) is 0 Å². The maximum absolute atomic E-state index is 8.27. The molecule has 0 saturated carbocycles. The van der Waals surface area contributed by atoms with E-state index in [-0.39, 0.29) is 0 Å². The quantitative estimate of drug-likeness (QED) is 0.501. The Morgan fingerprint density at radius 3 is 2.38 bits per heavy atom. The van der Waals surface area contributed by atoms with Crippen LogP contribution >= 0.6 is 34.8 Å². The number of nitrogens with zero attached hydrogens (tertiary/aromatic N) is 2. The Morgan fingerprint density at radius 1 is 1.31 bits per heavy atom. The molecule has 0 amide bonds. The molecule has 0 spiro atoms. The van der Waals surface area contributed by atoms with Crippen molar-refractivity contribution in [3.05, 3.63) is 27.2 Å². The fourth-order valence-corrected chi connectivity index (χ4v) is 1.81. The van der Waals surface area contributed by atoms with Gasteiger partial charge in [-0.25, -0.2) is 0 Å². The Kier molecular flexibility index (Phi) is 4.86. The standard InChI is InChI=1S/C9H8Cl3N3O/c1-5(4-13-16)14-15-9-7(11)2-6(10)3-8(9)12/h2-4,15-16H,1H3. The Hall–Kier alpha value is -0.970. The lowest BCUT2D eigenvalue weighted by Gasteiger charge is -2.06. The van der Waals surface area contributed by atoms with E-state index >= 15 is 0 Å². The number of rotatable bonds is 3. The molecule has 0 saturated heterocycles. The highest BCUT2D eigenvalue weighted by atomic mass is 35.5. The van der Waals surface area contributed by atoms with Crippen molar-refractivity contribution in [1.29, 1.82) is 0 Å². The molecule has 0 radical (unpaired) electrons. The highest BCUT2D eigenvalue weighted by Crippen LogP contribution is 2.33. The Labute approximate surface area is 107 Å². The Balaban J connectivity index is 2.94. The molecule has 1 aromatic rings. The summed E-state index contributed by atoms with van der Waals surface area (Å²) in [4.78, 5) is 0. The van der Waals surface area contributed by atoms with Gasteiger partial charge in [0.15, 0.2) is 0 Å². The first kappa shape index (κ1) is 13.1. The van der Waals surface area contributed by atoms with Crippen LogP contribution in [0.4, 0.5) is 5.69 Å². The summed E-state index contributed by atoms with van der Waals surface area (Å²) >= 11 is 17.6. The molecule has 0 aliphatic carbocycles. The number of halogens is 3. The van der Waals surface area contributed by atoms with E-state index in [1.54, 1.807) is 19.1 Å². The van der Waals surface area contributed by atoms with Crippen molar-refractivity contribution < 1.29 is 5.21 Å². The molecule has 16 heavy (non-hydrogen) atoms. The average Bonchev–Trinajstić information content (AvgIpc) is 2.16. The minimum Gasteiger partial charge on any atom is -0.411 e. The predicted octanol–water partition coefficient (Wildman–Crippen LogP) is 3.89. The fourth-order valence-electron chi connectivity index (χ4n) is 0.906. The largest absolute Gasteiger partial charge is 0.411 e. The molecular weight excluding hydrogens is 272 g/mol. The zero-order valence-electron chi connectivity index (χ0n) is 8.21. The molecular formula is C9H8Cl3N3O. The molecule has 86 valence electrons. The smallest absolute Gasteiger partial charge is 0.0935 e. The Morgan fingerprint density at radius 2 is 1.88 bits per heavy atom. The molecule has 0 aliphatic rings. The molecule has 0 aliphatic heterocycles. The van der Waals surface area contributed by atoms with Crippen molar-refractivity contribution in [3.63, 3.8) is 0 Å². The minimum atomic E-state index is 0.356. The van der Waals surface area contributed by atoms with Gasteiger partial charge in [0.2, 0.25) is 0 Å². The monoisotopic (exact) mass is 279 g/mol. The van der Waals surface area contributed by atoms with Crippen LogP contribution in [-0.4, -0.2) is 17.1 Å². The fraction of sp³-hybridized carbons (Fsp3) is 0.111. The van der Waals surface area contributed by atoms with Crippen LogP contribution in [0.1, 0.15) is 6.92 Å². The summed E-state index contributed by atoms with van der Waals surface area (Å²) < 4.78 is 0. The summed E-state index contributed by atoms with van der Waals surface area (Å²) in [6.07, 6.45) is 1.17. The highest BCUT2D eigenvalue weighted by molar-refractivity contribution is 6.41. The Bertz CT molecular complexity index is 423. The van der Waals surface area contributed by atoms with Gasteiger partial charge in [-0.2, -0.15) is 5.10 Å². The number of nitrogens with one attached hydrogen (secondary N) is 1. The van der Waals surface area contributed by atoms with E-state index in [9.17, 15) is 0 Å². The van der Waals surface area contributed by atoms with E-state index < -0.39 is 0 Å². The average molecular weight is 281 g/mol. The van der Waals surface area contributed by atoms with Gasteiger partial charge >= 0.3 is 0 Å². The number of oxime groups is 1. The first-order valence-electron chi connectivity index (χ1n) is 4.17. The number of hydrazone groups is 1. The first-order valence-corrected chi connectivity index (χ1v) is 5.30. The zero-order chi connectivity index (χ0) is 12.1. The van der Waals surface area contributed by atoms with E-state index in [0.717, 1.165) is 0 Å². The number of anilines is 1. The van der Waals surface area contributed by atoms with Gasteiger partial charge in [0, 0.05) is 5.02 Å². The van der Waals surface area contributed by atoms with Gasteiger partial charge in [-0.15, -0.1) is 0 Å². The number of hydrogen-bond acceptors (Lipinski definition) is 4. The normalized spacial score (nSPS) is 12.1. The van der Waals surface area contributed by atoms with E-state index in [4.69, 9.17) is 40.0 Å². The highest BCUT2D eigenvalue weighted by Gasteiger charge is 2.06. The second-order valence-corrected chi connectivity index (χ2v) is 4.10. The molecule has 0 heterocycles. The van der Waals surface area contributed by atoms with Crippen molar-refractivity contribution >= 4 is 52.4 Å². The van der Waals surface area contributed by atoms with Crippen molar-refractivity contribution in [1.82, 2.24) is 0 Å². The molecule has 0 bridgehead atoms. The molecule has 7 heteroatoms.